The summed E-state index contributed by atoms with van der Waals surface area (Å²) in [6.07, 6.45) is 1.48. The number of carbonyl (C=O) groups excluding carboxylic acids is 1. The number of primary amides is 1. The number of benzene rings is 1. The fourth-order valence-corrected chi connectivity index (χ4v) is 2.74. The Labute approximate surface area is 111 Å². The first-order chi connectivity index (χ1) is 8.63. The van der Waals surface area contributed by atoms with E-state index in [0.29, 0.717) is 5.02 Å². The highest BCUT2D eigenvalue weighted by Crippen LogP contribution is 2.33. The number of nitrogens with zero attached hydrogens (tertiary/aromatic N) is 1. The lowest BCUT2D eigenvalue weighted by Crippen LogP contribution is -2.39. The third kappa shape index (κ3) is 2.60. The van der Waals surface area contributed by atoms with E-state index in [1.807, 2.05) is 18.2 Å². The van der Waals surface area contributed by atoms with Crippen LogP contribution >= 0.6 is 11.6 Å². The zero-order valence-electron chi connectivity index (χ0n) is 10.1. The van der Waals surface area contributed by atoms with Crippen LogP contribution in [0, 0.1) is 5.92 Å². The topological polar surface area (TPSA) is 66.6 Å². The van der Waals surface area contributed by atoms with Gasteiger partial charge < -0.3 is 15.7 Å². The molecule has 98 valence electrons. The largest absolute Gasteiger partial charge is 0.392 e. The first kappa shape index (κ1) is 13.2. The van der Waals surface area contributed by atoms with Gasteiger partial charge in [-0.2, -0.15) is 0 Å². The number of carbonyl (C=O) groups is 1. The van der Waals surface area contributed by atoms with Crippen molar-refractivity contribution in [2.75, 3.05) is 18.0 Å². The van der Waals surface area contributed by atoms with Crippen molar-refractivity contribution in [1.82, 2.24) is 0 Å². The molecule has 1 aromatic rings. The van der Waals surface area contributed by atoms with Gasteiger partial charge in [-0.3, -0.25) is 4.79 Å². The normalized spacial score (nSPS) is 16.9. The number of anilines is 1. The molecule has 5 heteroatoms. The van der Waals surface area contributed by atoms with Crippen LogP contribution in [-0.4, -0.2) is 24.1 Å². The Bertz CT molecular complexity index is 443. The lowest BCUT2D eigenvalue weighted by molar-refractivity contribution is -0.122. The minimum absolute atomic E-state index is 0.0361. The van der Waals surface area contributed by atoms with Crippen LogP contribution in [0.5, 0.6) is 0 Å². The summed E-state index contributed by atoms with van der Waals surface area (Å²) in [5.74, 6) is -0.266. The van der Waals surface area contributed by atoms with Gasteiger partial charge in [0.2, 0.25) is 5.91 Å². The molecule has 0 aromatic heterocycles. The van der Waals surface area contributed by atoms with Gasteiger partial charge in [-0.1, -0.05) is 23.7 Å². The van der Waals surface area contributed by atoms with Crippen molar-refractivity contribution in [3.63, 3.8) is 0 Å². The number of nitrogens with two attached hydrogens (primary N) is 1. The molecular weight excluding hydrogens is 252 g/mol. The summed E-state index contributed by atoms with van der Waals surface area (Å²) < 4.78 is 0. The van der Waals surface area contributed by atoms with Crippen molar-refractivity contribution in [2.45, 2.75) is 19.4 Å². The molecule has 0 spiro atoms. The number of rotatable bonds is 3. The van der Waals surface area contributed by atoms with Crippen LogP contribution in [0.3, 0.4) is 0 Å². The van der Waals surface area contributed by atoms with Gasteiger partial charge in [0.1, 0.15) is 0 Å². The summed E-state index contributed by atoms with van der Waals surface area (Å²) >= 11 is 6.20. The van der Waals surface area contributed by atoms with E-state index < -0.39 is 0 Å². The number of hydrogen-bond donors (Lipinski definition) is 2. The van der Waals surface area contributed by atoms with E-state index in [9.17, 15) is 9.90 Å². The van der Waals surface area contributed by atoms with Gasteiger partial charge in [-0.05, 0) is 18.9 Å². The molecule has 1 amide bonds. The first-order valence-corrected chi connectivity index (χ1v) is 6.43. The van der Waals surface area contributed by atoms with E-state index >= 15 is 0 Å². The standard InChI is InChI=1S/C13H17ClN2O2/c14-11-3-1-2-10(8-17)12(11)16-6-4-9(5-7-16)13(15)18/h1-3,9,17H,4-8H2,(H2,15,18). The van der Waals surface area contributed by atoms with Crippen molar-refractivity contribution < 1.29 is 9.90 Å². The van der Waals surface area contributed by atoms with E-state index in [2.05, 4.69) is 4.90 Å². The second-order valence-electron chi connectivity index (χ2n) is 4.57. The van der Waals surface area contributed by atoms with Crippen LogP contribution in [0.2, 0.25) is 5.02 Å². The van der Waals surface area contributed by atoms with Crippen molar-refractivity contribution >= 4 is 23.2 Å². The molecule has 1 aliphatic rings. The van der Waals surface area contributed by atoms with Crippen LogP contribution in [0.4, 0.5) is 5.69 Å². The minimum atomic E-state index is -0.226. The molecule has 1 aliphatic heterocycles. The van der Waals surface area contributed by atoms with Gasteiger partial charge in [0.15, 0.2) is 0 Å². The van der Waals surface area contributed by atoms with Crippen molar-refractivity contribution in [2.24, 2.45) is 11.7 Å². The van der Waals surface area contributed by atoms with E-state index in [1.165, 1.54) is 0 Å². The molecule has 2 rings (SSSR count). The average Bonchev–Trinajstić information content (AvgIpc) is 2.38. The SMILES string of the molecule is NC(=O)C1CCN(c2c(Cl)cccc2CO)CC1. The van der Waals surface area contributed by atoms with Crippen LogP contribution in [0.15, 0.2) is 18.2 Å². The predicted octanol–water partition coefficient (Wildman–Crippen LogP) is 1.53. The van der Waals surface area contributed by atoms with Gasteiger partial charge in [0, 0.05) is 24.6 Å². The highest BCUT2D eigenvalue weighted by atomic mass is 35.5. The van der Waals surface area contributed by atoms with Crippen LogP contribution in [0.25, 0.3) is 0 Å². The molecule has 0 unspecified atom stereocenters. The Kier molecular flexibility index (Phi) is 4.09. The van der Waals surface area contributed by atoms with E-state index in [0.717, 1.165) is 37.2 Å². The van der Waals surface area contributed by atoms with Gasteiger partial charge in [0.25, 0.3) is 0 Å². The molecule has 0 atom stereocenters. The fourth-order valence-electron chi connectivity index (χ4n) is 2.43. The Morgan fingerprint density at radius 1 is 1.44 bits per heavy atom. The molecule has 0 radical (unpaired) electrons. The third-order valence-corrected chi connectivity index (χ3v) is 3.76. The number of halogens is 1. The highest BCUT2D eigenvalue weighted by molar-refractivity contribution is 6.33. The van der Waals surface area contributed by atoms with E-state index in [1.54, 1.807) is 0 Å². The summed E-state index contributed by atoms with van der Waals surface area (Å²) in [6, 6.07) is 5.51. The van der Waals surface area contributed by atoms with E-state index in [4.69, 9.17) is 17.3 Å². The maximum atomic E-state index is 11.1. The molecule has 0 aliphatic carbocycles. The zero-order valence-corrected chi connectivity index (χ0v) is 10.9. The molecule has 1 saturated heterocycles. The molecule has 1 heterocycles. The second kappa shape index (κ2) is 5.59. The number of para-hydroxylation sites is 1. The van der Waals surface area contributed by atoms with Crippen LogP contribution in [0.1, 0.15) is 18.4 Å². The third-order valence-electron chi connectivity index (χ3n) is 3.45. The summed E-state index contributed by atoms with van der Waals surface area (Å²) in [5.41, 5.74) is 7.01. The summed E-state index contributed by atoms with van der Waals surface area (Å²) in [5, 5.41) is 9.99. The number of piperidine rings is 1. The summed E-state index contributed by atoms with van der Waals surface area (Å²) in [6.45, 7) is 1.44. The fraction of sp³-hybridized carbons (Fsp3) is 0.462. The van der Waals surface area contributed by atoms with Gasteiger partial charge in [-0.15, -0.1) is 0 Å². The Morgan fingerprint density at radius 3 is 2.67 bits per heavy atom. The van der Waals surface area contributed by atoms with Crippen molar-refractivity contribution in [1.29, 1.82) is 0 Å². The molecule has 0 saturated carbocycles. The number of aliphatic hydroxyl groups excluding tert-OH is 1. The second-order valence-corrected chi connectivity index (χ2v) is 4.98. The Hall–Kier alpha value is -1.26. The number of aliphatic hydroxyl groups is 1. The smallest absolute Gasteiger partial charge is 0.220 e. The highest BCUT2D eigenvalue weighted by Gasteiger charge is 2.25. The van der Waals surface area contributed by atoms with Crippen molar-refractivity contribution in [3.8, 4) is 0 Å². The maximum Gasteiger partial charge on any atom is 0.220 e. The first-order valence-electron chi connectivity index (χ1n) is 6.06. The predicted molar refractivity (Wildman–Crippen MR) is 71.5 cm³/mol. The molecular formula is C13H17ClN2O2. The van der Waals surface area contributed by atoms with Gasteiger partial charge >= 0.3 is 0 Å². The van der Waals surface area contributed by atoms with Gasteiger partial charge in [0.05, 0.1) is 17.3 Å². The number of amides is 1. The zero-order chi connectivity index (χ0) is 13.1. The van der Waals surface area contributed by atoms with E-state index in [-0.39, 0.29) is 18.4 Å². The monoisotopic (exact) mass is 268 g/mol. The quantitative estimate of drug-likeness (QED) is 0.874. The lowest BCUT2D eigenvalue weighted by Gasteiger charge is -2.34. The Morgan fingerprint density at radius 2 is 2.11 bits per heavy atom. The lowest BCUT2D eigenvalue weighted by atomic mass is 9.95. The molecule has 18 heavy (non-hydrogen) atoms. The molecule has 1 fully saturated rings. The van der Waals surface area contributed by atoms with Gasteiger partial charge in [-0.25, -0.2) is 0 Å². The summed E-state index contributed by atoms with van der Waals surface area (Å²) in [4.78, 5) is 13.2. The molecule has 0 bridgehead atoms. The van der Waals surface area contributed by atoms with Crippen LogP contribution < -0.4 is 10.6 Å². The average molecular weight is 269 g/mol. The van der Waals surface area contributed by atoms with Crippen LogP contribution in [-0.2, 0) is 11.4 Å². The number of hydrogen-bond acceptors (Lipinski definition) is 3. The maximum absolute atomic E-state index is 11.1. The molecule has 4 nitrogen and oxygen atoms in total. The molecule has 1 aromatic carbocycles. The molecule has 3 N–H and O–H groups in total. The summed E-state index contributed by atoms with van der Waals surface area (Å²) in [7, 11) is 0. The Balaban J connectivity index is 2.17. The minimum Gasteiger partial charge on any atom is -0.392 e. The van der Waals surface area contributed by atoms with Crippen molar-refractivity contribution in [3.05, 3.63) is 28.8 Å².